The van der Waals surface area contributed by atoms with Crippen LogP contribution in [0.3, 0.4) is 0 Å². The third-order valence-corrected chi connectivity index (χ3v) is 6.24. The highest BCUT2D eigenvalue weighted by molar-refractivity contribution is 5.95. The Kier molecular flexibility index (Phi) is 4.59. The molecule has 1 aliphatic carbocycles. The second kappa shape index (κ2) is 6.85. The van der Waals surface area contributed by atoms with E-state index in [2.05, 4.69) is 39.8 Å². The number of hydrogen-bond donors (Lipinski definition) is 2. The van der Waals surface area contributed by atoms with Gasteiger partial charge in [0.15, 0.2) is 0 Å². The fourth-order valence-corrected chi connectivity index (χ4v) is 4.47. The number of likely N-dealkylation sites (tertiary alicyclic amines) is 1. The van der Waals surface area contributed by atoms with E-state index in [4.69, 9.17) is 0 Å². The van der Waals surface area contributed by atoms with E-state index in [-0.39, 0.29) is 11.8 Å². The number of nitrogens with one attached hydrogen (secondary N) is 2. The smallest absolute Gasteiger partial charge is 0.228 e. The first-order chi connectivity index (χ1) is 11.8. The second-order valence-electron chi connectivity index (χ2n) is 7.85. The van der Waals surface area contributed by atoms with Crippen LogP contribution in [0.5, 0.6) is 0 Å². The molecule has 4 nitrogen and oxygen atoms in total. The maximum Gasteiger partial charge on any atom is 0.228 e. The van der Waals surface area contributed by atoms with Crippen molar-refractivity contribution >= 4 is 11.6 Å². The van der Waals surface area contributed by atoms with Gasteiger partial charge < -0.3 is 15.5 Å². The third-order valence-electron chi connectivity index (χ3n) is 6.24. The van der Waals surface area contributed by atoms with Crippen molar-refractivity contribution in [2.45, 2.75) is 38.5 Å². The average molecular weight is 327 g/mol. The topological polar surface area (TPSA) is 44.4 Å². The van der Waals surface area contributed by atoms with Crippen LogP contribution in [-0.2, 0) is 11.2 Å². The molecular weight excluding hydrogens is 298 g/mol. The van der Waals surface area contributed by atoms with Gasteiger partial charge in [-0.1, -0.05) is 12.1 Å². The molecular formula is C20H29N3O. The summed E-state index contributed by atoms with van der Waals surface area (Å²) >= 11 is 0. The molecule has 3 aliphatic rings. The van der Waals surface area contributed by atoms with Crippen LogP contribution in [0.2, 0.25) is 0 Å². The highest BCUT2D eigenvalue weighted by Gasteiger charge is 2.57. The molecule has 4 rings (SSSR count). The molecule has 3 fully saturated rings. The summed E-state index contributed by atoms with van der Waals surface area (Å²) in [6.07, 6.45) is 7.19. The number of hydrogen-bond acceptors (Lipinski definition) is 3. The molecule has 1 spiro atoms. The lowest BCUT2D eigenvalue weighted by atomic mass is 9.92. The number of carbonyl (C=O) groups is 1. The van der Waals surface area contributed by atoms with Crippen molar-refractivity contribution in [2.75, 3.05) is 38.0 Å². The molecule has 2 heterocycles. The number of rotatable bonds is 5. The molecule has 130 valence electrons. The van der Waals surface area contributed by atoms with E-state index >= 15 is 0 Å². The van der Waals surface area contributed by atoms with E-state index in [0.717, 1.165) is 51.0 Å². The van der Waals surface area contributed by atoms with E-state index in [1.54, 1.807) is 0 Å². The number of nitrogens with zero attached hydrogens (tertiary/aromatic N) is 1. The van der Waals surface area contributed by atoms with E-state index in [1.807, 2.05) is 0 Å². The standard InChI is InChI=1S/C20H29N3O/c24-19(18-15-20(18)8-10-21-11-9-20)22-17-5-3-16(4-6-17)7-14-23-12-1-2-13-23/h3-6,18,21H,1-2,7-15H2,(H,22,24). The van der Waals surface area contributed by atoms with Crippen molar-refractivity contribution in [3.05, 3.63) is 29.8 Å². The molecule has 2 saturated heterocycles. The number of benzene rings is 1. The number of carbonyl (C=O) groups excluding carboxylic acids is 1. The van der Waals surface area contributed by atoms with E-state index < -0.39 is 0 Å². The minimum absolute atomic E-state index is 0.224. The Morgan fingerprint density at radius 1 is 1.17 bits per heavy atom. The lowest BCUT2D eigenvalue weighted by Crippen LogP contribution is -2.31. The highest BCUT2D eigenvalue weighted by Crippen LogP contribution is 2.58. The third kappa shape index (κ3) is 3.50. The molecule has 1 unspecified atom stereocenters. The molecule has 2 N–H and O–H groups in total. The quantitative estimate of drug-likeness (QED) is 0.874. The van der Waals surface area contributed by atoms with Crippen LogP contribution in [0, 0.1) is 11.3 Å². The van der Waals surface area contributed by atoms with Crippen molar-refractivity contribution in [3.63, 3.8) is 0 Å². The van der Waals surface area contributed by atoms with Crippen molar-refractivity contribution in [1.29, 1.82) is 0 Å². The van der Waals surface area contributed by atoms with Crippen molar-refractivity contribution < 1.29 is 4.79 Å². The normalized spacial score (nSPS) is 25.8. The molecule has 1 amide bonds. The van der Waals surface area contributed by atoms with Gasteiger partial charge in [-0.2, -0.15) is 0 Å². The van der Waals surface area contributed by atoms with Crippen LogP contribution < -0.4 is 10.6 Å². The lowest BCUT2D eigenvalue weighted by molar-refractivity contribution is -0.118. The minimum Gasteiger partial charge on any atom is -0.326 e. The molecule has 0 radical (unpaired) electrons. The van der Waals surface area contributed by atoms with Crippen LogP contribution in [0.25, 0.3) is 0 Å². The summed E-state index contributed by atoms with van der Waals surface area (Å²) in [5.41, 5.74) is 2.62. The average Bonchev–Trinajstić information content (AvgIpc) is 3.06. The zero-order valence-corrected chi connectivity index (χ0v) is 14.5. The Balaban J connectivity index is 1.27. The summed E-state index contributed by atoms with van der Waals surface area (Å²) in [5, 5.41) is 6.52. The fraction of sp³-hybridized carbons (Fsp3) is 0.650. The molecule has 0 bridgehead atoms. The Labute approximate surface area is 145 Å². The van der Waals surface area contributed by atoms with Gasteiger partial charge in [0.25, 0.3) is 0 Å². The summed E-state index contributed by atoms with van der Waals surface area (Å²) in [4.78, 5) is 15.0. The number of anilines is 1. The molecule has 1 saturated carbocycles. The number of amides is 1. The zero-order valence-electron chi connectivity index (χ0n) is 14.5. The monoisotopic (exact) mass is 327 g/mol. The van der Waals surface area contributed by atoms with Crippen LogP contribution in [-0.4, -0.2) is 43.5 Å². The van der Waals surface area contributed by atoms with Gasteiger partial charge in [0.1, 0.15) is 0 Å². The Morgan fingerprint density at radius 2 is 1.88 bits per heavy atom. The molecule has 24 heavy (non-hydrogen) atoms. The molecule has 0 aromatic heterocycles. The van der Waals surface area contributed by atoms with Gasteiger partial charge >= 0.3 is 0 Å². The molecule has 1 atom stereocenters. The first-order valence-corrected chi connectivity index (χ1v) is 9.58. The van der Waals surface area contributed by atoms with Gasteiger partial charge in [0.05, 0.1) is 0 Å². The minimum atomic E-state index is 0.224. The van der Waals surface area contributed by atoms with Gasteiger partial charge in [-0.3, -0.25) is 4.79 Å². The van der Waals surface area contributed by atoms with Crippen LogP contribution in [0.1, 0.15) is 37.7 Å². The zero-order chi connectivity index (χ0) is 16.4. The summed E-state index contributed by atoms with van der Waals surface area (Å²) in [6, 6.07) is 8.46. The maximum atomic E-state index is 12.5. The first-order valence-electron chi connectivity index (χ1n) is 9.58. The van der Waals surface area contributed by atoms with Crippen LogP contribution in [0.4, 0.5) is 5.69 Å². The summed E-state index contributed by atoms with van der Waals surface area (Å²) in [7, 11) is 0. The van der Waals surface area contributed by atoms with E-state index in [1.165, 1.54) is 31.5 Å². The molecule has 1 aromatic rings. The highest BCUT2D eigenvalue weighted by atomic mass is 16.2. The number of piperidine rings is 1. The fourth-order valence-electron chi connectivity index (χ4n) is 4.47. The molecule has 1 aromatic carbocycles. The van der Waals surface area contributed by atoms with Gasteiger partial charge in [-0.15, -0.1) is 0 Å². The lowest BCUT2D eigenvalue weighted by Gasteiger charge is -2.23. The van der Waals surface area contributed by atoms with E-state index in [0.29, 0.717) is 5.41 Å². The van der Waals surface area contributed by atoms with Crippen molar-refractivity contribution in [2.24, 2.45) is 11.3 Å². The van der Waals surface area contributed by atoms with Gasteiger partial charge in [-0.05, 0) is 87.8 Å². The largest absolute Gasteiger partial charge is 0.326 e. The van der Waals surface area contributed by atoms with Gasteiger partial charge in [0, 0.05) is 18.2 Å². The predicted octanol–water partition coefficient (Wildman–Crippen LogP) is 2.65. The van der Waals surface area contributed by atoms with Gasteiger partial charge in [-0.25, -0.2) is 0 Å². The molecule has 2 aliphatic heterocycles. The Hall–Kier alpha value is -1.39. The van der Waals surface area contributed by atoms with Crippen LogP contribution >= 0.6 is 0 Å². The Morgan fingerprint density at radius 3 is 2.58 bits per heavy atom. The summed E-state index contributed by atoms with van der Waals surface area (Å²) in [5.74, 6) is 0.455. The summed E-state index contributed by atoms with van der Waals surface area (Å²) < 4.78 is 0. The van der Waals surface area contributed by atoms with Crippen LogP contribution in [0.15, 0.2) is 24.3 Å². The SMILES string of the molecule is O=C(Nc1ccc(CCN2CCCC2)cc1)C1CC12CCNCC2. The predicted molar refractivity (Wildman–Crippen MR) is 97.1 cm³/mol. The first kappa shape index (κ1) is 16.1. The molecule has 4 heteroatoms. The van der Waals surface area contributed by atoms with Gasteiger partial charge in [0.2, 0.25) is 5.91 Å². The maximum absolute atomic E-state index is 12.5. The second-order valence-corrected chi connectivity index (χ2v) is 7.85. The Bertz CT molecular complexity index is 571. The van der Waals surface area contributed by atoms with Crippen molar-refractivity contribution in [3.8, 4) is 0 Å². The van der Waals surface area contributed by atoms with Crippen molar-refractivity contribution in [1.82, 2.24) is 10.2 Å². The van der Waals surface area contributed by atoms with E-state index in [9.17, 15) is 4.79 Å². The summed E-state index contributed by atoms with van der Waals surface area (Å²) in [6.45, 7) is 5.80.